The maximum absolute atomic E-state index is 13.4. The van der Waals surface area contributed by atoms with E-state index in [0.717, 1.165) is 16.7 Å². The van der Waals surface area contributed by atoms with Crippen LogP contribution in [0.2, 0.25) is 0 Å². The SMILES string of the molecule is Cn1nnnc1-c1cccc(C(=O)N(Cc2ccccc2)Cc2ccccc2)c1. The lowest BCUT2D eigenvalue weighted by Gasteiger charge is -2.23. The molecule has 1 heterocycles. The van der Waals surface area contributed by atoms with Gasteiger partial charge in [-0.05, 0) is 33.7 Å². The molecule has 0 atom stereocenters. The highest BCUT2D eigenvalue weighted by molar-refractivity contribution is 5.95. The van der Waals surface area contributed by atoms with Gasteiger partial charge in [0.05, 0.1) is 0 Å². The molecular formula is C23H21N5O. The van der Waals surface area contributed by atoms with Gasteiger partial charge in [-0.25, -0.2) is 4.68 Å². The fraction of sp³-hybridized carbons (Fsp3) is 0.130. The lowest BCUT2D eigenvalue weighted by molar-refractivity contribution is 0.0730. The summed E-state index contributed by atoms with van der Waals surface area (Å²) in [7, 11) is 1.78. The molecule has 0 N–H and O–H groups in total. The van der Waals surface area contributed by atoms with Crippen molar-refractivity contribution in [2.45, 2.75) is 13.1 Å². The first-order chi connectivity index (χ1) is 14.2. The number of tetrazole rings is 1. The van der Waals surface area contributed by atoms with E-state index in [1.807, 2.05) is 89.8 Å². The van der Waals surface area contributed by atoms with Crippen molar-refractivity contribution in [1.29, 1.82) is 0 Å². The van der Waals surface area contributed by atoms with Crippen LogP contribution < -0.4 is 0 Å². The van der Waals surface area contributed by atoms with E-state index in [1.165, 1.54) is 0 Å². The van der Waals surface area contributed by atoms with Gasteiger partial charge in [-0.15, -0.1) is 5.10 Å². The van der Waals surface area contributed by atoms with Crippen LogP contribution in [0.1, 0.15) is 21.5 Å². The number of benzene rings is 3. The van der Waals surface area contributed by atoms with Crippen molar-refractivity contribution in [3.8, 4) is 11.4 Å². The number of rotatable bonds is 6. The van der Waals surface area contributed by atoms with E-state index in [2.05, 4.69) is 15.5 Å². The van der Waals surface area contributed by atoms with E-state index in [4.69, 9.17) is 0 Å². The van der Waals surface area contributed by atoms with Gasteiger partial charge in [-0.3, -0.25) is 4.79 Å². The molecule has 1 aromatic heterocycles. The number of nitrogens with zero attached hydrogens (tertiary/aromatic N) is 5. The van der Waals surface area contributed by atoms with Crippen molar-refractivity contribution in [3.63, 3.8) is 0 Å². The summed E-state index contributed by atoms with van der Waals surface area (Å²) in [6, 6.07) is 27.5. The lowest BCUT2D eigenvalue weighted by atomic mass is 10.1. The first kappa shape index (κ1) is 18.6. The Morgan fingerprint density at radius 1 is 0.862 bits per heavy atom. The molecule has 0 unspecified atom stereocenters. The third-order valence-electron chi connectivity index (χ3n) is 4.71. The Morgan fingerprint density at radius 3 is 2.03 bits per heavy atom. The first-order valence-electron chi connectivity index (χ1n) is 9.40. The quantitative estimate of drug-likeness (QED) is 0.509. The number of hydrogen-bond donors (Lipinski definition) is 0. The molecule has 4 rings (SSSR count). The Kier molecular flexibility index (Phi) is 5.42. The predicted molar refractivity (Wildman–Crippen MR) is 111 cm³/mol. The molecule has 144 valence electrons. The topological polar surface area (TPSA) is 63.9 Å². The molecule has 0 saturated heterocycles. The Hall–Kier alpha value is -3.80. The molecule has 0 aliphatic carbocycles. The molecule has 0 radical (unpaired) electrons. The number of hydrogen-bond acceptors (Lipinski definition) is 4. The minimum absolute atomic E-state index is 0.0327. The zero-order chi connectivity index (χ0) is 20.1. The molecule has 6 heteroatoms. The molecule has 0 aliphatic rings. The fourth-order valence-corrected chi connectivity index (χ4v) is 3.26. The number of aryl methyl sites for hydroxylation is 1. The first-order valence-corrected chi connectivity index (χ1v) is 9.40. The molecule has 0 aliphatic heterocycles. The summed E-state index contributed by atoms with van der Waals surface area (Å²) in [5.41, 5.74) is 3.59. The van der Waals surface area contributed by atoms with Crippen molar-refractivity contribution in [2.24, 2.45) is 7.05 Å². The molecule has 0 saturated carbocycles. The van der Waals surface area contributed by atoms with Gasteiger partial charge in [0.15, 0.2) is 5.82 Å². The van der Waals surface area contributed by atoms with Gasteiger partial charge in [0.1, 0.15) is 0 Å². The maximum Gasteiger partial charge on any atom is 0.254 e. The average Bonchev–Trinajstić information content (AvgIpc) is 3.20. The molecule has 4 aromatic rings. The maximum atomic E-state index is 13.4. The van der Waals surface area contributed by atoms with Crippen LogP contribution in [0.25, 0.3) is 11.4 Å². The Bertz CT molecular complexity index is 1050. The highest BCUT2D eigenvalue weighted by Crippen LogP contribution is 2.20. The predicted octanol–water partition coefficient (Wildman–Crippen LogP) is 3.72. The lowest BCUT2D eigenvalue weighted by Crippen LogP contribution is -2.30. The molecule has 0 fully saturated rings. The van der Waals surface area contributed by atoms with E-state index in [1.54, 1.807) is 11.7 Å². The third-order valence-corrected chi connectivity index (χ3v) is 4.71. The smallest absolute Gasteiger partial charge is 0.254 e. The number of carbonyl (C=O) groups is 1. The highest BCUT2D eigenvalue weighted by atomic mass is 16.2. The number of carbonyl (C=O) groups excluding carboxylic acids is 1. The van der Waals surface area contributed by atoms with Gasteiger partial charge in [0.25, 0.3) is 5.91 Å². The molecule has 29 heavy (non-hydrogen) atoms. The van der Waals surface area contributed by atoms with Crippen LogP contribution in [0, 0.1) is 0 Å². The van der Waals surface area contributed by atoms with Crippen LogP contribution in [0.5, 0.6) is 0 Å². The molecule has 6 nitrogen and oxygen atoms in total. The monoisotopic (exact) mass is 383 g/mol. The van der Waals surface area contributed by atoms with Gasteiger partial charge in [-0.2, -0.15) is 0 Å². The van der Waals surface area contributed by atoms with Crippen molar-refractivity contribution >= 4 is 5.91 Å². The van der Waals surface area contributed by atoms with Crippen LogP contribution in [0.4, 0.5) is 0 Å². The van der Waals surface area contributed by atoms with Crippen molar-refractivity contribution in [3.05, 3.63) is 102 Å². The summed E-state index contributed by atoms with van der Waals surface area (Å²) in [4.78, 5) is 15.3. The van der Waals surface area contributed by atoms with E-state index in [0.29, 0.717) is 24.5 Å². The van der Waals surface area contributed by atoms with Crippen molar-refractivity contribution in [1.82, 2.24) is 25.1 Å². The number of amides is 1. The van der Waals surface area contributed by atoms with Crippen LogP contribution >= 0.6 is 0 Å². The molecule has 1 amide bonds. The van der Waals surface area contributed by atoms with Gasteiger partial charge >= 0.3 is 0 Å². The molecule has 3 aromatic carbocycles. The van der Waals surface area contributed by atoms with Gasteiger partial charge < -0.3 is 4.90 Å². The molecule has 0 bridgehead atoms. The summed E-state index contributed by atoms with van der Waals surface area (Å²) in [5, 5.41) is 11.6. The zero-order valence-corrected chi connectivity index (χ0v) is 16.1. The summed E-state index contributed by atoms with van der Waals surface area (Å²) in [6.07, 6.45) is 0. The normalized spacial score (nSPS) is 10.7. The van der Waals surface area contributed by atoms with Crippen molar-refractivity contribution in [2.75, 3.05) is 0 Å². The molecule has 0 spiro atoms. The Balaban J connectivity index is 1.65. The summed E-state index contributed by atoms with van der Waals surface area (Å²) in [6.45, 7) is 1.06. The summed E-state index contributed by atoms with van der Waals surface area (Å²) < 4.78 is 1.59. The number of aromatic nitrogens is 4. The van der Waals surface area contributed by atoms with E-state index >= 15 is 0 Å². The summed E-state index contributed by atoms with van der Waals surface area (Å²) in [5.74, 6) is 0.590. The largest absolute Gasteiger partial charge is 0.330 e. The standard InChI is InChI=1S/C23H21N5O/c1-27-22(24-25-26-27)20-13-8-14-21(15-20)23(29)28(16-18-9-4-2-5-10-18)17-19-11-6-3-7-12-19/h2-15H,16-17H2,1H3. The Morgan fingerprint density at radius 2 is 1.48 bits per heavy atom. The van der Waals surface area contributed by atoms with Crippen LogP contribution in [-0.4, -0.2) is 31.0 Å². The second-order valence-corrected chi connectivity index (χ2v) is 6.84. The minimum atomic E-state index is -0.0327. The second kappa shape index (κ2) is 8.48. The van der Waals surface area contributed by atoms with Crippen LogP contribution in [0.15, 0.2) is 84.9 Å². The highest BCUT2D eigenvalue weighted by Gasteiger charge is 2.18. The summed E-state index contributed by atoms with van der Waals surface area (Å²) >= 11 is 0. The van der Waals surface area contributed by atoms with Crippen LogP contribution in [0.3, 0.4) is 0 Å². The second-order valence-electron chi connectivity index (χ2n) is 6.84. The van der Waals surface area contributed by atoms with E-state index in [9.17, 15) is 4.79 Å². The van der Waals surface area contributed by atoms with Crippen LogP contribution in [-0.2, 0) is 20.1 Å². The molecular weight excluding hydrogens is 362 g/mol. The average molecular weight is 383 g/mol. The third kappa shape index (κ3) is 4.38. The fourth-order valence-electron chi connectivity index (χ4n) is 3.26. The van der Waals surface area contributed by atoms with E-state index < -0.39 is 0 Å². The van der Waals surface area contributed by atoms with Gasteiger partial charge in [0.2, 0.25) is 0 Å². The minimum Gasteiger partial charge on any atom is -0.330 e. The van der Waals surface area contributed by atoms with E-state index in [-0.39, 0.29) is 5.91 Å². The van der Waals surface area contributed by atoms with Crippen molar-refractivity contribution < 1.29 is 4.79 Å². The Labute approximate surface area is 169 Å². The van der Waals surface area contributed by atoms with Gasteiger partial charge in [0, 0.05) is 31.3 Å². The van der Waals surface area contributed by atoms with Gasteiger partial charge in [-0.1, -0.05) is 72.8 Å². The zero-order valence-electron chi connectivity index (χ0n) is 16.1.